The Bertz CT molecular complexity index is 721. The molecule has 1 fully saturated rings. The maximum atomic E-state index is 12.2. The van der Waals surface area contributed by atoms with E-state index in [-0.39, 0.29) is 5.91 Å². The number of benzene rings is 1. The standard InChI is InChI=1S/C19H20N4O/c20-11-17-6-7-18(13-22-17)21-12-16-10-19(24)23(14-16)9-8-15-4-2-1-3-5-15/h1-7,13,16,21H,8-10,12,14H2/t16-/m0/s1. The Morgan fingerprint density at radius 2 is 2.08 bits per heavy atom. The van der Waals surface area contributed by atoms with Gasteiger partial charge in [0, 0.05) is 32.0 Å². The number of carbonyl (C=O) groups is 1. The highest BCUT2D eigenvalue weighted by atomic mass is 16.2. The van der Waals surface area contributed by atoms with Gasteiger partial charge in [0.2, 0.25) is 5.91 Å². The molecule has 1 aromatic carbocycles. The molecule has 0 spiro atoms. The number of likely N-dealkylation sites (tertiary alicyclic amines) is 1. The summed E-state index contributed by atoms with van der Waals surface area (Å²) >= 11 is 0. The highest BCUT2D eigenvalue weighted by Crippen LogP contribution is 2.19. The molecule has 1 N–H and O–H groups in total. The van der Waals surface area contributed by atoms with Gasteiger partial charge in [0.15, 0.2) is 0 Å². The van der Waals surface area contributed by atoms with Crippen molar-refractivity contribution in [1.29, 1.82) is 5.26 Å². The number of nitrogens with zero attached hydrogens (tertiary/aromatic N) is 3. The first-order chi connectivity index (χ1) is 11.7. The van der Waals surface area contributed by atoms with Gasteiger partial charge in [-0.3, -0.25) is 4.79 Å². The minimum absolute atomic E-state index is 0.232. The second kappa shape index (κ2) is 7.60. The van der Waals surface area contributed by atoms with Gasteiger partial charge in [-0.15, -0.1) is 0 Å². The molecule has 1 aromatic heterocycles. The van der Waals surface area contributed by atoms with E-state index in [1.54, 1.807) is 12.3 Å². The van der Waals surface area contributed by atoms with E-state index >= 15 is 0 Å². The van der Waals surface area contributed by atoms with Crippen molar-refractivity contribution in [3.05, 3.63) is 59.9 Å². The molecule has 0 unspecified atom stereocenters. The first-order valence-electron chi connectivity index (χ1n) is 8.16. The zero-order valence-electron chi connectivity index (χ0n) is 13.5. The number of hydrogen-bond acceptors (Lipinski definition) is 4. The van der Waals surface area contributed by atoms with Crippen LogP contribution in [0.3, 0.4) is 0 Å². The molecule has 3 rings (SSSR count). The summed E-state index contributed by atoms with van der Waals surface area (Å²) < 4.78 is 0. The SMILES string of the molecule is N#Cc1ccc(NC[C@@H]2CC(=O)N(CCc3ccccc3)C2)cn1. The lowest BCUT2D eigenvalue weighted by Gasteiger charge is -2.17. The summed E-state index contributed by atoms with van der Waals surface area (Å²) in [6.45, 7) is 2.31. The van der Waals surface area contributed by atoms with Gasteiger partial charge in [-0.2, -0.15) is 5.26 Å². The molecule has 0 bridgehead atoms. The van der Waals surface area contributed by atoms with Crippen molar-refractivity contribution >= 4 is 11.6 Å². The molecule has 1 aliphatic rings. The highest BCUT2D eigenvalue weighted by molar-refractivity contribution is 5.78. The zero-order chi connectivity index (χ0) is 16.8. The first-order valence-corrected chi connectivity index (χ1v) is 8.16. The number of pyridine rings is 1. The molecule has 1 saturated heterocycles. The van der Waals surface area contributed by atoms with Gasteiger partial charge in [-0.25, -0.2) is 4.98 Å². The molecule has 5 nitrogen and oxygen atoms in total. The summed E-state index contributed by atoms with van der Waals surface area (Å²) in [6.07, 6.45) is 3.14. The van der Waals surface area contributed by atoms with Gasteiger partial charge in [-0.1, -0.05) is 30.3 Å². The molecule has 2 heterocycles. The van der Waals surface area contributed by atoms with Gasteiger partial charge < -0.3 is 10.2 Å². The van der Waals surface area contributed by atoms with Crippen LogP contribution >= 0.6 is 0 Å². The number of carbonyl (C=O) groups excluding carboxylic acids is 1. The maximum Gasteiger partial charge on any atom is 0.223 e. The van der Waals surface area contributed by atoms with E-state index in [1.807, 2.05) is 35.2 Å². The molecule has 0 radical (unpaired) electrons. The van der Waals surface area contributed by atoms with E-state index in [0.29, 0.717) is 18.0 Å². The number of amides is 1. The zero-order valence-corrected chi connectivity index (χ0v) is 13.5. The minimum Gasteiger partial charge on any atom is -0.383 e. The van der Waals surface area contributed by atoms with Gasteiger partial charge in [0.05, 0.1) is 11.9 Å². The van der Waals surface area contributed by atoms with Crippen molar-refractivity contribution in [2.75, 3.05) is 25.0 Å². The van der Waals surface area contributed by atoms with Crippen LogP contribution in [0, 0.1) is 17.2 Å². The lowest BCUT2D eigenvalue weighted by Crippen LogP contribution is -2.28. The van der Waals surface area contributed by atoms with Crippen LogP contribution in [0.4, 0.5) is 5.69 Å². The maximum absolute atomic E-state index is 12.2. The number of hydrogen-bond donors (Lipinski definition) is 1. The molecule has 5 heteroatoms. The van der Waals surface area contributed by atoms with E-state index in [1.165, 1.54) is 5.56 Å². The van der Waals surface area contributed by atoms with Crippen LogP contribution in [-0.2, 0) is 11.2 Å². The summed E-state index contributed by atoms with van der Waals surface area (Å²) in [5.41, 5.74) is 2.54. The molecule has 0 saturated carbocycles. The molecule has 24 heavy (non-hydrogen) atoms. The largest absolute Gasteiger partial charge is 0.383 e. The Kier molecular flexibility index (Phi) is 5.07. The van der Waals surface area contributed by atoms with E-state index in [9.17, 15) is 4.79 Å². The van der Waals surface area contributed by atoms with Crippen LogP contribution in [0.1, 0.15) is 17.7 Å². The van der Waals surface area contributed by atoms with E-state index < -0.39 is 0 Å². The fourth-order valence-corrected chi connectivity index (χ4v) is 2.94. The van der Waals surface area contributed by atoms with Crippen molar-refractivity contribution in [2.45, 2.75) is 12.8 Å². The predicted octanol–water partition coefficient (Wildman–Crippen LogP) is 2.46. The van der Waals surface area contributed by atoms with Gasteiger partial charge in [0.1, 0.15) is 11.8 Å². The highest BCUT2D eigenvalue weighted by Gasteiger charge is 2.28. The third kappa shape index (κ3) is 4.11. The van der Waals surface area contributed by atoms with Gasteiger partial charge >= 0.3 is 0 Å². The summed E-state index contributed by atoms with van der Waals surface area (Å²) in [5, 5.41) is 12.0. The molecular formula is C19H20N4O. The Balaban J connectivity index is 1.46. The van der Waals surface area contributed by atoms with Crippen molar-refractivity contribution < 1.29 is 4.79 Å². The molecule has 1 aliphatic heterocycles. The third-order valence-electron chi connectivity index (χ3n) is 4.28. The number of nitriles is 1. The lowest BCUT2D eigenvalue weighted by atomic mass is 10.1. The number of rotatable bonds is 6. The summed E-state index contributed by atoms with van der Waals surface area (Å²) in [4.78, 5) is 18.1. The molecular weight excluding hydrogens is 300 g/mol. The number of anilines is 1. The van der Waals surface area contributed by atoms with E-state index in [2.05, 4.69) is 22.4 Å². The molecule has 1 atom stereocenters. The van der Waals surface area contributed by atoms with Crippen molar-refractivity contribution in [3.63, 3.8) is 0 Å². The normalized spacial score (nSPS) is 16.9. The molecule has 0 aliphatic carbocycles. The second-order valence-corrected chi connectivity index (χ2v) is 6.07. The average molecular weight is 320 g/mol. The number of aromatic nitrogens is 1. The van der Waals surface area contributed by atoms with Crippen LogP contribution in [0.25, 0.3) is 0 Å². The van der Waals surface area contributed by atoms with E-state index in [0.717, 1.165) is 31.7 Å². The fraction of sp³-hybridized carbons (Fsp3) is 0.316. The topological polar surface area (TPSA) is 69.0 Å². The second-order valence-electron chi connectivity index (χ2n) is 6.07. The third-order valence-corrected chi connectivity index (χ3v) is 4.28. The first kappa shape index (κ1) is 16.0. The van der Waals surface area contributed by atoms with E-state index in [4.69, 9.17) is 5.26 Å². The lowest BCUT2D eigenvalue weighted by molar-refractivity contribution is -0.127. The van der Waals surface area contributed by atoms with Crippen molar-refractivity contribution in [3.8, 4) is 6.07 Å². The number of nitrogens with one attached hydrogen (secondary N) is 1. The quantitative estimate of drug-likeness (QED) is 0.887. The molecule has 1 amide bonds. The van der Waals surface area contributed by atoms with Crippen LogP contribution in [0.15, 0.2) is 48.7 Å². The Morgan fingerprint density at radius 1 is 1.25 bits per heavy atom. The van der Waals surface area contributed by atoms with Gasteiger partial charge in [-0.05, 0) is 24.1 Å². The monoisotopic (exact) mass is 320 g/mol. The van der Waals surface area contributed by atoms with Crippen LogP contribution in [0.2, 0.25) is 0 Å². The summed E-state index contributed by atoms with van der Waals surface area (Å²) in [7, 11) is 0. The molecule has 2 aromatic rings. The Labute approximate surface area is 141 Å². The van der Waals surface area contributed by atoms with Crippen molar-refractivity contribution in [2.24, 2.45) is 5.92 Å². The fourth-order valence-electron chi connectivity index (χ4n) is 2.94. The van der Waals surface area contributed by atoms with Crippen molar-refractivity contribution in [1.82, 2.24) is 9.88 Å². The van der Waals surface area contributed by atoms with Gasteiger partial charge in [0.25, 0.3) is 0 Å². The Hall–Kier alpha value is -2.87. The molecule has 122 valence electrons. The van der Waals surface area contributed by atoms with Crippen LogP contribution in [0.5, 0.6) is 0 Å². The van der Waals surface area contributed by atoms with Crippen LogP contribution in [-0.4, -0.2) is 35.4 Å². The smallest absolute Gasteiger partial charge is 0.223 e. The van der Waals surface area contributed by atoms with Crippen LogP contribution < -0.4 is 5.32 Å². The minimum atomic E-state index is 0.232. The Morgan fingerprint density at radius 3 is 2.79 bits per heavy atom. The summed E-state index contributed by atoms with van der Waals surface area (Å²) in [5.74, 6) is 0.541. The summed E-state index contributed by atoms with van der Waals surface area (Å²) in [6, 6.07) is 15.8. The predicted molar refractivity (Wildman–Crippen MR) is 92.3 cm³/mol. The average Bonchev–Trinajstić information content (AvgIpc) is 2.99.